The predicted molar refractivity (Wildman–Crippen MR) is 113 cm³/mol. The predicted octanol–water partition coefficient (Wildman–Crippen LogP) is 4.52. The van der Waals surface area contributed by atoms with E-state index in [1.54, 1.807) is 6.20 Å². The lowest BCUT2D eigenvalue weighted by Crippen LogP contribution is -2.35. The molecule has 1 aliphatic heterocycles. The molecule has 5 rings (SSSR count). The van der Waals surface area contributed by atoms with Crippen LogP contribution in [0.5, 0.6) is 0 Å². The Bertz CT molecular complexity index is 1160. The van der Waals surface area contributed by atoms with Crippen LogP contribution in [0.1, 0.15) is 52.0 Å². The second-order valence-electron chi connectivity index (χ2n) is 7.64. The number of hydrogen-bond acceptors (Lipinski definition) is 4. The first-order valence-corrected chi connectivity index (χ1v) is 10.1. The summed E-state index contributed by atoms with van der Waals surface area (Å²) in [6.07, 6.45) is 9.39. The summed E-state index contributed by atoms with van der Waals surface area (Å²) in [6, 6.07) is 11.3. The Balaban J connectivity index is 1.50. The van der Waals surface area contributed by atoms with Crippen molar-refractivity contribution in [3.63, 3.8) is 0 Å². The second-order valence-corrected chi connectivity index (χ2v) is 7.64. The highest BCUT2D eigenvalue weighted by atomic mass is 16.2. The molecule has 2 aromatic carbocycles. The number of aromatic nitrogens is 2. The Morgan fingerprint density at radius 3 is 2.69 bits per heavy atom. The van der Waals surface area contributed by atoms with Gasteiger partial charge in [0, 0.05) is 36.2 Å². The van der Waals surface area contributed by atoms with E-state index < -0.39 is 0 Å². The highest BCUT2D eigenvalue weighted by molar-refractivity contribution is 6.03. The minimum absolute atomic E-state index is 0.0660. The summed E-state index contributed by atoms with van der Waals surface area (Å²) < 4.78 is 0. The lowest BCUT2D eigenvalue weighted by Gasteiger charge is -2.26. The summed E-state index contributed by atoms with van der Waals surface area (Å²) in [6.45, 7) is 1.65. The first-order chi connectivity index (χ1) is 14.2. The Hall–Kier alpha value is -3.34. The van der Waals surface area contributed by atoms with Gasteiger partial charge >= 0.3 is 0 Å². The van der Waals surface area contributed by atoms with Crippen LogP contribution < -0.4 is 0 Å². The van der Waals surface area contributed by atoms with Gasteiger partial charge in [-0.3, -0.25) is 14.6 Å². The van der Waals surface area contributed by atoms with Gasteiger partial charge in [0.05, 0.1) is 22.9 Å². The number of amides is 1. The number of carbonyl (C=O) groups excluding carboxylic acids is 2. The van der Waals surface area contributed by atoms with E-state index in [1.165, 1.54) is 6.42 Å². The number of allylic oxidation sites excluding steroid dienone is 1. The van der Waals surface area contributed by atoms with Gasteiger partial charge in [-0.2, -0.15) is 0 Å². The molecule has 1 amide bonds. The summed E-state index contributed by atoms with van der Waals surface area (Å²) in [5.41, 5.74) is 5.42. The van der Waals surface area contributed by atoms with E-state index in [4.69, 9.17) is 4.98 Å². The van der Waals surface area contributed by atoms with Crippen molar-refractivity contribution >= 4 is 28.8 Å². The maximum Gasteiger partial charge on any atom is 0.253 e. The smallest absolute Gasteiger partial charge is 0.253 e. The third-order valence-electron chi connectivity index (χ3n) is 5.68. The second kappa shape index (κ2) is 7.24. The number of ketones is 1. The van der Waals surface area contributed by atoms with Crippen molar-refractivity contribution in [3.05, 3.63) is 65.4 Å². The Kier molecular flexibility index (Phi) is 4.43. The summed E-state index contributed by atoms with van der Waals surface area (Å²) in [5.74, 6) is 0.204. The van der Waals surface area contributed by atoms with Crippen molar-refractivity contribution in [2.24, 2.45) is 0 Å². The number of hydrogen-bond donors (Lipinski definition) is 0. The molecule has 0 unspecified atom stereocenters. The van der Waals surface area contributed by atoms with Crippen LogP contribution in [-0.4, -0.2) is 39.6 Å². The normalized spacial score (nSPS) is 16.1. The average Bonchev–Trinajstić information content (AvgIpc) is 2.78. The summed E-state index contributed by atoms with van der Waals surface area (Å²) >= 11 is 0. The highest BCUT2D eigenvalue weighted by Crippen LogP contribution is 2.26. The van der Waals surface area contributed by atoms with E-state index in [0.717, 1.165) is 53.8 Å². The Labute approximate surface area is 169 Å². The van der Waals surface area contributed by atoms with Gasteiger partial charge in [0.25, 0.3) is 5.91 Å². The van der Waals surface area contributed by atoms with Gasteiger partial charge in [-0.1, -0.05) is 24.3 Å². The fourth-order valence-corrected chi connectivity index (χ4v) is 4.08. The minimum atomic E-state index is 0.0660. The number of nitrogens with zero attached hydrogens (tertiary/aromatic N) is 3. The SMILES string of the molecule is O=C1CC=Cc2cc(-c3cnc4ccc(C(=O)N5CCCCC5)cc4n3)ccc21. The van der Waals surface area contributed by atoms with E-state index >= 15 is 0 Å². The summed E-state index contributed by atoms with van der Waals surface area (Å²) in [7, 11) is 0. The number of fused-ring (bicyclic) bond motifs is 2. The van der Waals surface area contributed by atoms with Crippen LogP contribution in [0.3, 0.4) is 0 Å². The van der Waals surface area contributed by atoms with Crippen LogP contribution >= 0.6 is 0 Å². The van der Waals surface area contributed by atoms with Crippen LogP contribution in [0, 0.1) is 0 Å². The number of piperidine rings is 1. The molecule has 5 heteroatoms. The molecule has 144 valence electrons. The lowest BCUT2D eigenvalue weighted by atomic mass is 9.94. The van der Waals surface area contributed by atoms with Crippen LogP contribution in [0.15, 0.2) is 48.7 Å². The van der Waals surface area contributed by atoms with Gasteiger partial charge in [0.2, 0.25) is 0 Å². The summed E-state index contributed by atoms with van der Waals surface area (Å²) in [5, 5.41) is 0. The molecule has 0 radical (unpaired) electrons. The average molecular weight is 383 g/mol. The molecular formula is C24H21N3O2. The van der Waals surface area contributed by atoms with Gasteiger partial charge in [0.15, 0.2) is 5.78 Å². The van der Waals surface area contributed by atoms with Crippen LogP contribution in [0.25, 0.3) is 28.4 Å². The fourth-order valence-electron chi connectivity index (χ4n) is 4.08. The molecular weight excluding hydrogens is 362 g/mol. The Morgan fingerprint density at radius 1 is 0.966 bits per heavy atom. The molecule has 1 aliphatic carbocycles. The van der Waals surface area contributed by atoms with E-state index in [-0.39, 0.29) is 11.7 Å². The number of likely N-dealkylation sites (tertiary alicyclic amines) is 1. The van der Waals surface area contributed by atoms with Crippen molar-refractivity contribution in [2.45, 2.75) is 25.7 Å². The molecule has 29 heavy (non-hydrogen) atoms. The molecule has 2 heterocycles. The molecule has 1 saturated heterocycles. The third-order valence-corrected chi connectivity index (χ3v) is 5.68. The molecule has 2 aliphatic rings. The number of rotatable bonds is 2. The van der Waals surface area contributed by atoms with E-state index in [2.05, 4.69) is 4.98 Å². The standard InChI is InChI=1S/C24H21N3O2/c28-23-6-4-5-16-13-17(7-9-19(16)23)22-15-25-20-10-8-18(14-21(20)26-22)24(29)27-11-2-1-3-12-27/h4-5,7-10,13-15H,1-3,6,11-12H2. The molecule has 3 aromatic rings. The molecule has 0 N–H and O–H groups in total. The zero-order valence-corrected chi connectivity index (χ0v) is 16.1. The van der Waals surface area contributed by atoms with Crippen molar-refractivity contribution in [2.75, 3.05) is 13.1 Å². The molecule has 1 fully saturated rings. The largest absolute Gasteiger partial charge is 0.339 e. The third kappa shape index (κ3) is 3.33. The monoisotopic (exact) mass is 383 g/mol. The molecule has 0 atom stereocenters. The van der Waals surface area contributed by atoms with Crippen molar-refractivity contribution < 1.29 is 9.59 Å². The number of carbonyl (C=O) groups is 2. The van der Waals surface area contributed by atoms with Crippen LogP contribution in [0.4, 0.5) is 0 Å². The zero-order valence-electron chi connectivity index (χ0n) is 16.1. The zero-order chi connectivity index (χ0) is 19.8. The lowest BCUT2D eigenvalue weighted by molar-refractivity contribution is 0.0724. The van der Waals surface area contributed by atoms with Crippen LogP contribution in [0.2, 0.25) is 0 Å². The minimum Gasteiger partial charge on any atom is -0.339 e. The topological polar surface area (TPSA) is 63.2 Å². The van der Waals surface area contributed by atoms with Crippen molar-refractivity contribution in [1.82, 2.24) is 14.9 Å². The van der Waals surface area contributed by atoms with Gasteiger partial charge < -0.3 is 4.90 Å². The van der Waals surface area contributed by atoms with Crippen LogP contribution in [-0.2, 0) is 0 Å². The maximum atomic E-state index is 12.8. The first-order valence-electron chi connectivity index (χ1n) is 10.1. The van der Waals surface area contributed by atoms with Gasteiger partial charge in [0.1, 0.15) is 0 Å². The molecule has 0 bridgehead atoms. The molecule has 0 saturated carbocycles. The van der Waals surface area contributed by atoms with Gasteiger partial charge in [-0.15, -0.1) is 0 Å². The number of benzene rings is 2. The molecule has 1 aromatic heterocycles. The van der Waals surface area contributed by atoms with Crippen molar-refractivity contribution in [1.29, 1.82) is 0 Å². The highest BCUT2D eigenvalue weighted by Gasteiger charge is 2.19. The Morgan fingerprint density at radius 2 is 1.83 bits per heavy atom. The first kappa shape index (κ1) is 17.7. The van der Waals surface area contributed by atoms with E-state index in [1.807, 2.05) is 53.5 Å². The number of Topliss-reactive ketones (excluding diaryl/α,β-unsaturated/α-hetero) is 1. The fraction of sp³-hybridized carbons (Fsp3) is 0.250. The van der Waals surface area contributed by atoms with E-state index in [0.29, 0.717) is 17.5 Å². The molecule has 5 nitrogen and oxygen atoms in total. The maximum absolute atomic E-state index is 12.8. The quantitative estimate of drug-likeness (QED) is 0.653. The van der Waals surface area contributed by atoms with Gasteiger partial charge in [-0.05, 0) is 49.1 Å². The summed E-state index contributed by atoms with van der Waals surface area (Å²) in [4.78, 5) is 36.1. The van der Waals surface area contributed by atoms with E-state index in [9.17, 15) is 9.59 Å². The van der Waals surface area contributed by atoms with Crippen molar-refractivity contribution in [3.8, 4) is 11.3 Å². The molecule has 0 spiro atoms. The van der Waals surface area contributed by atoms with Gasteiger partial charge in [-0.25, -0.2) is 4.98 Å².